The van der Waals surface area contributed by atoms with Crippen LogP contribution in [0.4, 0.5) is 5.69 Å². The molecule has 0 aliphatic carbocycles. The molecule has 0 bridgehead atoms. The van der Waals surface area contributed by atoms with Gasteiger partial charge in [0.15, 0.2) is 5.58 Å². The molecule has 0 aliphatic rings. The van der Waals surface area contributed by atoms with E-state index in [1.54, 1.807) is 18.2 Å². The van der Waals surface area contributed by atoms with Gasteiger partial charge in [-0.05, 0) is 35.9 Å². The van der Waals surface area contributed by atoms with Crippen LogP contribution in [-0.2, 0) is 16.6 Å². The lowest BCUT2D eigenvalue weighted by Crippen LogP contribution is -2.09. The van der Waals surface area contributed by atoms with Gasteiger partial charge in [0.25, 0.3) is 0 Å². The van der Waals surface area contributed by atoms with Gasteiger partial charge >= 0.3 is 0 Å². The third-order valence-corrected chi connectivity index (χ3v) is 3.73. The lowest BCUT2D eigenvalue weighted by molar-refractivity contribution is 0.606. The largest absolute Gasteiger partial charge is 0.436 e. The van der Waals surface area contributed by atoms with Gasteiger partial charge in [0.2, 0.25) is 15.9 Å². The molecule has 0 fully saturated rings. The number of rotatable bonds is 4. The second-order valence-electron chi connectivity index (χ2n) is 4.98. The number of nitrogens with two attached hydrogens (primary N) is 1. The first kappa shape index (κ1) is 14.6. The van der Waals surface area contributed by atoms with Crippen LogP contribution >= 0.6 is 0 Å². The standard InChI is InChI=1S/C15H15N3O3S/c1-22(19,20)18-12-6-7-14-13(8-12)17-15(21-14)11-4-2-10(9-16)3-5-11/h2-8,18H,9,16H2,1H3. The molecule has 114 valence electrons. The first-order valence-electron chi connectivity index (χ1n) is 6.62. The number of fused-ring (bicyclic) bond motifs is 1. The maximum atomic E-state index is 11.3. The highest BCUT2D eigenvalue weighted by Crippen LogP contribution is 2.26. The molecule has 0 unspecified atom stereocenters. The molecule has 0 amide bonds. The Balaban J connectivity index is 1.98. The van der Waals surface area contributed by atoms with Crippen molar-refractivity contribution in [3.05, 3.63) is 48.0 Å². The minimum absolute atomic E-state index is 0.452. The number of nitrogens with zero attached hydrogens (tertiary/aromatic N) is 1. The van der Waals surface area contributed by atoms with Gasteiger partial charge in [0.05, 0.1) is 11.9 Å². The van der Waals surface area contributed by atoms with Gasteiger partial charge in [0.1, 0.15) is 5.52 Å². The molecule has 6 nitrogen and oxygen atoms in total. The van der Waals surface area contributed by atoms with Crippen LogP contribution in [0.2, 0.25) is 0 Å². The van der Waals surface area contributed by atoms with E-state index in [9.17, 15) is 8.42 Å². The second kappa shape index (κ2) is 5.43. The lowest BCUT2D eigenvalue weighted by atomic mass is 10.1. The zero-order valence-electron chi connectivity index (χ0n) is 11.9. The van der Waals surface area contributed by atoms with Gasteiger partial charge in [-0.15, -0.1) is 0 Å². The SMILES string of the molecule is CS(=O)(=O)Nc1ccc2oc(-c3ccc(CN)cc3)nc2c1. The Morgan fingerprint density at radius 2 is 1.91 bits per heavy atom. The fourth-order valence-electron chi connectivity index (χ4n) is 2.11. The highest BCUT2D eigenvalue weighted by atomic mass is 32.2. The molecular formula is C15H15N3O3S. The fourth-order valence-corrected chi connectivity index (χ4v) is 2.67. The molecule has 7 heteroatoms. The van der Waals surface area contributed by atoms with Crippen LogP contribution in [0.3, 0.4) is 0 Å². The van der Waals surface area contributed by atoms with Crippen molar-refractivity contribution in [2.45, 2.75) is 6.54 Å². The van der Waals surface area contributed by atoms with Crippen molar-refractivity contribution in [3.8, 4) is 11.5 Å². The van der Waals surface area contributed by atoms with Crippen molar-refractivity contribution in [2.75, 3.05) is 11.0 Å². The van der Waals surface area contributed by atoms with E-state index >= 15 is 0 Å². The Bertz CT molecular complexity index is 915. The van der Waals surface area contributed by atoms with Gasteiger partial charge < -0.3 is 10.2 Å². The third kappa shape index (κ3) is 3.10. The number of nitrogens with one attached hydrogen (secondary N) is 1. The van der Waals surface area contributed by atoms with Crippen LogP contribution in [0.25, 0.3) is 22.6 Å². The topological polar surface area (TPSA) is 98.2 Å². The summed E-state index contributed by atoms with van der Waals surface area (Å²) in [7, 11) is -3.32. The van der Waals surface area contributed by atoms with Gasteiger partial charge in [-0.2, -0.15) is 0 Å². The normalized spacial score (nSPS) is 11.7. The summed E-state index contributed by atoms with van der Waals surface area (Å²) in [5.74, 6) is 0.482. The Morgan fingerprint density at radius 3 is 2.55 bits per heavy atom. The van der Waals surface area contributed by atoms with E-state index in [1.807, 2.05) is 24.3 Å². The Kier molecular flexibility index (Phi) is 3.59. The predicted octanol–water partition coefficient (Wildman–Crippen LogP) is 2.33. The summed E-state index contributed by atoms with van der Waals surface area (Å²) >= 11 is 0. The summed E-state index contributed by atoms with van der Waals surface area (Å²) in [5, 5.41) is 0. The lowest BCUT2D eigenvalue weighted by Gasteiger charge is -2.01. The molecule has 0 saturated heterocycles. The number of hydrogen-bond donors (Lipinski definition) is 2. The Hall–Kier alpha value is -2.38. The van der Waals surface area contributed by atoms with Crippen LogP contribution in [0.5, 0.6) is 0 Å². The molecule has 3 rings (SSSR count). The molecule has 0 spiro atoms. The predicted molar refractivity (Wildman–Crippen MR) is 85.8 cm³/mol. The summed E-state index contributed by atoms with van der Waals surface area (Å²) in [6, 6.07) is 12.6. The van der Waals surface area contributed by atoms with Gasteiger partial charge in [-0.3, -0.25) is 4.72 Å². The van der Waals surface area contributed by atoms with Crippen molar-refractivity contribution >= 4 is 26.8 Å². The monoisotopic (exact) mass is 317 g/mol. The van der Waals surface area contributed by atoms with E-state index in [0.29, 0.717) is 29.2 Å². The van der Waals surface area contributed by atoms with E-state index < -0.39 is 10.0 Å². The number of aromatic nitrogens is 1. The van der Waals surface area contributed by atoms with Crippen LogP contribution < -0.4 is 10.5 Å². The zero-order chi connectivity index (χ0) is 15.7. The van der Waals surface area contributed by atoms with E-state index in [4.69, 9.17) is 10.2 Å². The first-order chi connectivity index (χ1) is 10.4. The average molecular weight is 317 g/mol. The Labute approximate surface area is 128 Å². The molecule has 3 N–H and O–H groups in total. The van der Waals surface area contributed by atoms with Gasteiger partial charge in [-0.1, -0.05) is 12.1 Å². The van der Waals surface area contributed by atoms with E-state index in [0.717, 1.165) is 17.4 Å². The van der Waals surface area contributed by atoms with Crippen LogP contribution in [0.15, 0.2) is 46.9 Å². The van der Waals surface area contributed by atoms with E-state index in [1.165, 1.54) is 0 Å². The number of sulfonamides is 1. The van der Waals surface area contributed by atoms with Gasteiger partial charge in [0, 0.05) is 12.1 Å². The second-order valence-corrected chi connectivity index (χ2v) is 6.73. The quantitative estimate of drug-likeness (QED) is 0.769. The highest BCUT2D eigenvalue weighted by Gasteiger charge is 2.10. The first-order valence-corrected chi connectivity index (χ1v) is 8.51. The highest BCUT2D eigenvalue weighted by molar-refractivity contribution is 7.92. The number of hydrogen-bond acceptors (Lipinski definition) is 5. The molecular weight excluding hydrogens is 302 g/mol. The molecule has 0 atom stereocenters. The molecule has 3 aromatic rings. The van der Waals surface area contributed by atoms with Crippen LogP contribution in [-0.4, -0.2) is 19.7 Å². The van der Waals surface area contributed by atoms with Crippen molar-refractivity contribution in [1.82, 2.24) is 4.98 Å². The molecule has 1 heterocycles. The summed E-state index contributed by atoms with van der Waals surface area (Å²) in [5.41, 5.74) is 9.07. The number of anilines is 1. The van der Waals surface area contributed by atoms with E-state index in [2.05, 4.69) is 9.71 Å². The number of benzene rings is 2. The minimum atomic E-state index is -3.32. The van der Waals surface area contributed by atoms with Crippen LogP contribution in [0, 0.1) is 0 Å². The van der Waals surface area contributed by atoms with Crippen LogP contribution in [0.1, 0.15) is 5.56 Å². The Morgan fingerprint density at radius 1 is 1.18 bits per heavy atom. The minimum Gasteiger partial charge on any atom is -0.436 e. The van der Waals surface area contributed by atoms with Crippen molar-refractivity contribution < 1.29 is 12.8 Å². The van der Waals surface area contributed by atoms with Crippen molar-refractivity contribution in [1.29, 1.82) is 0 Å². The molecule has 22 heavy (non-hydrogen) atoms. The number of oxazole rings is 1. The molecule has 0 radical (unpaired) electrons. The van der Waals surface area contributed by atoms with E-state index in [-0.39, 0.29) is 0 Å². The summed E-state index contributed by atoms with van der Waals surface area (Å²) in [4.78, 5) is 4.40. The summed E-state index contributed by atoms with van der Waals surface area (Å²) in [6.07, 6.45) is 1.10. The molecule has 0 saturated carbocycles. The summed E-state index contributed by atoms with van der Waals surface area (Å²) < 4.78 is 30.6. The maximum Gasteiger partial charge on any atom is 0.229 e. The maximum absolute atomic E-state index is 11.3. The van der Waals surface area contributed by atoms with Crippen molar-refractivity contribution in [3.63, 3.8) is 0 Å². The molecule has 1 aromatic heterocycles. The molecule has 2 aromatic carbocycles. The fraction of sp³-hybridized carbons (Fsp3) is 0.133. The third-order valence-electron chi connectivity index (χ3n) is 3.13. The average Bonchev–Trinajstić information content (AvgIpc) is 2.89. The summed E-state index contributed by atoms with van der Waals surface area (Å²) in [6.45, 7) is 0.481. The zero-order valence-corrected chi connectivity index (χ0v) is 12.7. The van der Waals surface area contributed by atoms with Crippen molar-refractivity contribution in [2.24, 2.45) is 5.73 Å². The molecule has 0 aliphatic heterocycles. The van der Waals surface area contributed by atoms with Gasteiger partial charge in [-0.25, -0.2) is 13.4 Å². The smallest absolute Gasteiger partial charge is 0.229 e.